The molecule has 2 heterocycles. The van der Waals surface area contributed by atoms with Gasteiger partial charge in [0.1, 0.15) is 6.04 Å². The number of hydrogen-bond donors (Lipinski definition) is 3. The van der Waals surface area contributed by atoms with Crippen LogP contribution in [-0.4, -0.2) is 40.6 Å². The normalized spacial score (nSPS) is 20.0. The van der Waals surface area contributed by atoms with Gasteiger partial charge in [0.15, 0.2) is 0 Å². The van der Waals surface area contributed by atoms with Crippen molar-refractivity contribution in [2.45, 2.75) is 25.1 Å². The van der Waals surface area contributed by atoms with E-state index in [0.717, 1.165) is 4.88 Å². The van der Waals surface area contributed by atoms with Crippen LogP contribution in [0.5, 0.6) is 0 Å². The maximum Gasteiger partial charge on any atom is 0.322 e. The van der Waals surface area contributed by atoms with Gasteiger partial charge in [-0.25, -0.2) is 4.79 Å². The molecule has 0 aliphatic carbocycles. The lowest BCUT2D eigenvalue weighted by molar-refractivity contribution is -0.124. The van der Waals surface area contributed by atoms with Crippen LogP contribution < -0.4 is 10.6 Å². The summed E-state index contributed by atoms with van der Waals surface area (Å²) in [4.78, 5) is 27.3. The molecule has 2 aromatic rings. The zero-order chi connectivity index (χ0) is 16.9. The third-order valence-electron chi connectivity index (χ3n) is 3.88. The minimum atomic E-state index is -0.691. The van der Waals surface area contributed by atoms with Crippen molar-refractivity contribution in [3.63, 3.8) is 0 Å². The van der Waals surface area contributed by atoms with Gasteiger partial charge in [-0.2, -0.15) is 0 Å². The third kappa shape index (κ3) is 3.93. The van der Waals surface area contributed by atoms with Gasteiger partial charge < -0.3 is 20.6 Å². The Morgan fingerprint density at radius 3 is 2.71 bits per heavy atom. The van der Waals surface area contributed by atoms with E-state index in [1.807, 2.05) is 35.7 Å². The van der Waals surface area contributed by atoms with E-state index in [0.29, 0.717) is 12.2 Å². The van der Waals surface area contributed by atoms with Crippen LogP contribution in [-0.2, 0) is 11.3 Å². The molecule has 0 unspecified atom stereocenters. The van der Waals surface area contributed by atoms with Gasteiger partial charge in [0.25, 0.3) is 0 Å². The quantitative estimate of drug-likeness (QED) is 0.793. The number of hydrogen-bond acceptors (Lipinski definition) is 4. The molecule has 1 aliphatic rings. The number of nitrogens with zero attached hydrogens (tertiary/aromatic N) is 1. The number of β-amino-alcohol motifs (C(OH)–C–C–N with tert-alkyl or cyclic N) is 1. The Balaban J connectivity index is 1.62. The van der Waals surface area contributed by atoms with Crippen LogP contribution in [0.2, 0.25) is 0 Å². The fourth-order valence-corrected chi connectivity index (χ4v) is 3.35. The largest absolute Gasteiger partial charge is 0.391 e. The van der Waals surface area contributed by atoms with Gasteiger partial charge in [-0.3, -0.25) is 4.79 Å². The Kier molecular flexibility index (Phi) is 5.12. The standard InChI is InChI=1S/C17H19N3O3S/c21-13-9-15(16(22)18-10-14-7-4-8-24-14)20(11-13)17(23)19-12-5-2-1-3-6-12/h1-8,13,15,21H,9-11H2,(H,18,22)(H,19,23)/t13-,15-/m1/s1. The molecule has 0 bridgehead atoms. The molecule has 3 rings (SSSR count). The summed E-state index contributed by atoms with van der Waals surface area (Å²) in [6.45, 7) is 0.576. The zero-order valence-electron chi connectivity index (χ0n) is 13.0. The molecule has 1 fully saturated rings. The fourth-order valence-electron chi connectivity index (χ4n) is 2.71. The second-order valence-electron chi connectivity index (χ2n) is 5.65. The molecule has 1 aromatic heterocycles. The predicted molar refractivity (Wildman–Crippen MR) is 92.7 cm³/mol. The number of likely N-dealkylation sites (tertiary alicyclic amines) is 1. The van der Waals surface area contributed by atoms with Crippen molar-refractivity contribution < 1.29 is 14.7 Å². The number of aliphatic hydroxyl groups is 1. The van der Waals surface area contributed by atoms with Crippen molar-refractivity contribution in [1.29, 1.82) is 0 Å². The van der Waals surface area contributed by atoms with Gasteiger partial charge in [-0.15, -0.1) is 11.3 Å². The molecule has 0 saturated carbocycles. The van der Waals surface area contributed by atoms with E-state index < -0.39 is 12.1 Å². The Morgan fingerprint density at radius 1 is 1.21 bits per heavy atom. The van der Waals surface area contributed by atoms with Crippen LogP contribution in [0.15, 0.2) is 47.8 Å². The van der Waals surface area contributed by atoms with Gasteiger partial charge in [0.2, 0.25) is 5.91 Å². The molecule has 0 spiro atoms. The molecule has 3 amide bonds. The van der Waals surface area contributed by atoms with E-state index in [-0.39, 0.29) is 24.9 Å². The first-order valence-electron chi connectivity index (χ1n) is 7.74. The maximum atomic E-state index is 12.4. The minimum absolute atomic E-state index is 0.149. The van der Waals surface area contributed by atoms with Crippen molar-refractivity contribution in [2.24, 2.45) is 0 Å². The van der Waals surface area contributed by atoms with E-state index in [1.54, 1.807) is 23.5 Å². The first-order valence-corrected chi connectivity index (χ1v) is 8.62. The minimum Gasteiger partial charge on any atom is -0.391 e. The average Bonchev–Trinajstić information content (AvgIpc) is 3.23. The number of nitrogens with one attached hydrogen (secondary N) is 2. The Hall–Kier alpha value is -2.38. The van der Waals surface area contributed by atoms with Crippen LogP contribution in [0.1, 0.15) is 11.3 Å². The molecule has 2 atom stereocenters. The Bertz CT molecular complexity index is 690. The van der Waals surface area contributed by atoms with Crippen LogP contribution >= 0.6 is 11.3 Å². The van der Waals surface area contributed by atoms with Crippen molar-refractivity contribution in [2.75, 3.05) is 11.9 Å². The SMILES string of the molecule is O=C(NCc1cccs1)[C@H]1C[C@@H](O)CN1C(=O)Nc1ccccc1. The van der Waals surface area contributed by atoms with Crippen molar-refractivity contribution >= 4 is 29.0 Å². The topological polar surface area (TPSA) is 81.7 Å². The lowest BCUT2D eigenvalue weighted by Gasteiger charge is -2.24. The Labute approximate surface area is 144 Å². The predicted octanol–water partition coefficient (Wildman–Crippen LogP) is 2.03. The van der Waals surface area contributed by atoms with E-state index in [9.17, 15) is 14.7 Å². The smallest absolute Gasteiger partial charge is 0.322 e. The van der Waals surface area contributed by atoms with E-state index in [1.165, 1.54) is 4.90 Å². The van der Waals surface area contributed by atoms with Gasteiger partial charge in [-0.05, 0) is 23.6 Å². The van der Waals surface area contributed by atoms with Crippen LogP contribution in [0.4, 0.5) is 10.5 Å². The summed E-state index contributed by atoms with van der Waals surface area (Å²) >= 11 is 1.56. The molecule has 1 saturated heterocycles. The first kappa shape index (κ1) is 16.5. The zero-order valence-corrected chi connectivity index (χ0v) is 13.8. The Morgan fingerprint density at radius 2 is 2.00 bits per heavy atom. The highest BCUT2D eigenvalue weighted by molar-refractivity contribution is 7.09. The summed E-state index contributed by atoms with van der Waals surface area (Å²) in [6.07, 6.45) is -0.442. The van der Waals surface area contributed by atoms with E-state index in [2.05, 4.69) is 10.6 Å². The summed E-state index contributed by atoms with van der Waals surface area (Å²) in [5.74, 6) is -0.247. The van der Waals surface area contributed by atoms with E-state index in [4.69, 9.17) is 0 Å². The number of para-hydroxylation sites is 1. The first-order chi connectivity index (χ1) is 11.6. The summed E-state index contributed by atoms with van der Waals surface area (Å²) in [7, 11) is 0. The fraction of sp³-hybridized carbons (Fsp3) is 0.294. The summed E-state index contributed by atoms with van der Waals surface area (Å²) in [5.41, 5.74) is 0.654. The number of aliphatic hydroxyl groups excluding tert-OH is 1. The van der Waals surface area contributed by atoms with Crippen LogP contribution in [0.25, 0.3) is 0 Å². The molecule has 126 valence electrons. The molecular formula is C17H19N3O3S. The number of carbonyl (C=O) groups is 2. The number of thiophene rings is 1. The molecule has 3 N–H and O–H groups in total. The molecule has 24 heavy (non-hydrogen) atoms. The van der Waals surface area contributed by atoms with Gasteiger partial charge >= 0.3 is 6.03 Å². The average molecular weight is 345 g/mol. The molecule has 6 nitrogen and oxygen atoms in total. The van der Waals surface area contributed by atoms with Gasteiger partial charge in [0, 0.05) is 23.5 Å². The summed E-state index contributed by atoms with van der Waals surface area (Å²) in [5, 5.41) is 17.4. The lowest BCUT2D eigenvalue weighted by Crippen LogP contribution is -2.47. The molecule has 0 radical (unpaired) electrons. The molecule has 1 aliphatic heterocycles. The monoisotopic (exact) mass is 345 g/mol. The van der Waals surface area contributed by atoms with Gasteiger partial charge in [0.05, 0.1) is 12.6 Å². The molecule has 1 aromatic carbocycles. The van der Waals surface area contributed by atoms with E-state index >= 15 is 0 Å². The summed E-state index contributed by atoms with van der Waals surface area (Å²) in [6, 6.07) is 11.9. The van der Waals surface area contributed by atoms with Crippen molar-refractivity contribution in [3.8, 4) is 0 Å². The number of rotatable bonds is 4. The number of urea groups is 1. The highest BCUT2D eigenvalue weighted by Crippen LogP contribution is 2.20. The lowest BCUT2D eigenvalue weighted by atomic mass is 10.2. The van der Waals surface area contributed by atoms with Crippen molar-refractivity contribution in [3.05, 3.63) is 52.7 Å². The highest BCUT2D eigenvalue weighted by Gasteiger charge is 2.38. The highest BCUT2D eigenvalue weighted by atomic mass is 32.1. The van der Waals surface area contributed by atoms with Crippen LogP contribution in [0, 0.1) is 0 Å². The third-order valence-corrected chi connectivity index (χ3v) is 4.76. The maximum absolute atomic E-state index is 12.4. The number of benzene rings is 1. The second-order valence-corrected chi connectivity index (χ2v) is 6.68. The molecule has 7 heteroatoms. The summed E-state index contributed by atoms with van der Waals surface area (Å²) < 4.78 is 0. The van der Waals surface area contributed by atoms with Crippen molar-refractivity contribution in [1.82, 2.24) is 10.2 Å². The number of carbonyl (C=O) groups excluding carboxylic acids is 2. The molecular weight excluding hydrogens is 326 g/mol. The van der Waals surface area contributed by atoms with Gasteiger partial charge in [-0.1, -0.05) is 24.3 Å². The van der Waals surface area contributed by atoms with Crippen LogP contribution in [0.3, 0.4) is 0 Å². The number of anilines is 1. The number of amides is 3. The second kappa shape index (κ2) is 7.46.